The van der Waals surface area contributed by atoms with E-state index in [0.717, 1.165) is 19.4 Å². The molecule has 8 heavy (non-hydrogen) atoms. The largest absolute Gasteiger partial charge is 0.277 e. The number of nitrogens with one attached hydrogen (secondary N) is 1. The Balaban J connectivity index is 2.42. The third-order valence-electron chi connectivity index (χ3n) is 0.985. The van der Waals surface area contributed by atoms with E-state index in [9.17, 15) is 4.79 Å². The van der Waals surface area contributed by atoms with Crippen molar-refractivity contribution >= 4 is 6.41 Å². The number of carbonyl (C=O) groups is 1. The lowest BCUT2D eigenvalue weighted by atomic mass is 10.4. The van der Waals surface area contributed by atoms with Gasteiger partial charge in [0.2, 0.25) is 6.41 Å². The van der Waals surface area contributed by atoms with Crippen LogP contribution in [-0.4, -0.2) is 18.0 Å². The van der Waals surface area contributed by atoms with Crippen LogP contribution in [0.1, 0.15) is 6.42 Å². The van der Waals surface area contributed by atoms with Crippen molar-refractivity contribution in [2.75, 3.05) is 6.54 Å². The van der Waals surface area contributed by atoms with Crippen LogP contribution >= 0.6 is 0 Å². The SMILES string of the molecule is O=CN1C=CCCN1. The molecule has 0 aromatic heterocycles. The van der Waals surface area contributed by atoms with E-state index in [-0.39, 0.29) is 0 Å². The summed E-state index contributed by atoms with van der Waals surface area (Å²) in [6, 6.07) is 0. The Morgan fingerprint density at radius 1 is 1.75 bits per heavy atom. The maximum absolute atomic E-state index is 9.97. The second-order valence-corrected chi connectivity index (χ2v) is 1.59. The van der Waals surface area contributed by atoms with Gasteiger partial charge in [-0.3, -0.25) is 9.80 Å². The summed E-state index contributed by atoms with van der Waals surface area (Å²) in [6.07, 6.45) is 5.42. The normalized spacial score (nSPS) is 18.8. The first-order valence-corrected chi connectivity index (χ1v) is 2.57. The van der Waals surface area contributed by atoms with E-state index in [0.29, 0.717) is 0 Å². The van der Waals surface area contributed by atoms with Gasteiger partial charge in [-0.2, -0.15) is 0 Å². The average Bonchev–Trinajstić information content (AvgIpc) is 1.90. The maximum atomic E-state index is 9.97. The molecular weight excluding hydrogens is 104 g/mol. The zero-order valence-electron chi connectivity index (χ0n) is 4.50. The van der Waals surface area contributed by atoms with Crippen molar-refractivity contribution in [2.45, 2.75) is 6.42 Å². The molecule has 3 nitrogen and oxygen atoms in total. The van der Waals surface area contributed by atoms with Gasteiger partial charge in [0.1, 0.15) is 0 Å². The van der Waals surface area contributed by atoms with E-state index in [1.165, 1.54) is 5.01 Å². The van der Waals surface area contributed by atoms with Crippen molar-refractivity contribution in [1.29, 1.82) is 0 Å². The van der Waals surface area contributed by atoms with E-state index in [1.807, 2.05) is 6.08 Å². The second-order valence-electron chi connectivity index (χ2n) is 1.59. The number of hydrogen-bond acceptors (Lipinski definition) is 2. The van der Waals surface area contributed by atoms with Crippen LogP contribution in [-0.2, 0) is 4.79 Å². The Labute approximate surface area is 47.9 Å². The maximum Gasteiger partial charge on any atom is 0.227 e. The number of hydrazine groups is 1. The van der Waals surface area contributed by atoms with E-state index < -0.39 is 0 Å². The van der Waals surface area contributed by atoms with Crippen LogP contribution in [0.5, 0.6) is 0 Å². The predicted octanol–water partition coefficient (Wildman–Crippen LogP) is -0.133. The number of nitrogens with zero attached hydrogens (tertiary/aromatic N) is 1. The van der Waals surface area contributed by atoms with Crippen molar-refractivity contribution in [3.8, 4) is 0 Å². The van der Waals surface area contributed by atoms with Gasteiger partial charge >= 0.3 is 0 Å². The summed E-state index contributed by atoms with van der Waals surface area (Å²) in [4.78, 5) is 9.97. The summed E-state index contributed by atoms with van der Waals surface area (Å²) in [6.45, 7) is 0.856. The molecule has 1 amide bonds. The molecule has 0 saturated carbocycles. The van der Waals surface area contributed by atoms with Gasteiger partial charge in [0.05, 0.1) is 0 Å². The highest BCUT2D eigenvalue weighted by molar-refractivity contribution is 5.48. The third-order valence-corrected chi connectivity index (χ3v) is 0.985. The van der Waals surface area contributed by atoms with Crippen molar-refractivity contribution < 1.29 is 4.79 Å². The monoisotopic (exact) mass is 112 g/mol. The number of hydrogen-bond donors (Lipinski definition) is 1. The Bertz CT molecular complexity index is 111. The van der Waals surface area contributed by atoms with E-state index >= 15 is 0 Å². The fourth-order valence-corrected chi connectivity index (χ4v) is 0.590. The van der Waals surface area contributed by atoms with Gasteiger partial charge in [0, 0.05) is 12.7 Å². The number of rotatable bonds is 1. The minimum absolute atomic E-state index is 0.746. The molecule has 1 rings (SSSR count). The van der Waals surface area contributed by atoms with E-state index in [1.54, 1.807) is 6.20 Å². The standard InChI is InChI=1S/C5H8N2O/c8-5-7-4-2-1-3-6-7/h2,4-6H,1,3H2. The third kappa shape index (κ3) is 1.07. The highest BCUT2D eigenvalue weighted by Gasteiger charge is 1.96. The van der Waals surface area contributed by atoms with E-state index in [4.69, 9.17) is 0 Å². The van der Waals surface area contributed by atoms with Gasteiger partial charge < -0.3 is 0 Å². The predicted molar refractivity (Wildman–Crippen MR) is 29.7 cm³/mol. The van der Waals surface area contributed by atoms with Crippen molar-refractivity contribution in [3.05, 3.63) is 12.3 Å². The first-order chi connectivity index (χ1) is 3.93. The van der Waals surface area contributed by atoms with Gasteiger partial charge in [0.25, 0.3) is 0 Å². The highest BCUT2D eigenvalue weighted by atomic mass is 16.1. The Kier molecular flexibility index (Phi) is 1.64. The molecule has 1 aliphatic heterocycles. The smallest absolute Gasteiger partial charge is 0.227 e. The van der Waals surface area contributed by atoms with Crippen molar-refractivity contribution in [3.63, 3.8) is 0 Å². The minimum atomic E-state index is 0.746. The second kappa shape index (κ2) is 2.47. The topological polar surface area (TPSA) is 32.3 Å². The van der Waals surface area contributed by atoms with Crippen LogP contribution in [0.25, 0.3) is 0 Å². The Hall–Kier alpha value is -0.830. The molecule has 0 aromatic rings. The van der Waals surface area contributed by atoms with Crippen LogP contribution in [0.15, 0.2) is 12.3 Å². The minimum Gasteiger partial charge on any atom is -0.277 e. The molecule has 1 N–H and O–H groups in total. The first kappa shape index (κ1) is 5.31. The Morgan fingerprint density at radius 3 is 3.00 bits per heavy atom. The van der Waals surface area contributed by atoms with Gasteiger partial charge in [-0.25, -0.2) is 5.43 Å². The average molecular weight is 112 g/mol. The first-order valence-electron chi connectivity index (χ1n) is 2.57. The lowest BCUT2D eigenvalue weighted by molar-refractivity contribution is -0.118. The highest BCUT2D eigenvalue weighted by Crippen LogP contribution is 1.90. The summed E-state index contributed by atoms with van der Waals surface area (Å²) in [7, 11) is 0. The quantitative estimate of drug-likeness (QED) is 0.479. The number of amides is 1. The molecule has 44 valence electrons. The molecule has 0 bridgehead atoms. The molecule has 0 atom stereocenters. The van der Waals surface area contributed by atoms with Gasteiger partial charge in [-0.15, -0.1) is 0 Å². The zero-order valence-corrected chi connectivity index (χ0v) is 4.50. The van der Waals surface area contributed by atoms with Crippen LogP contribution in [0.2, 0.25) is 0 Å². The molecule has 0 unspecified atom stereocenters. The van der Waals surface area contributed by atoms with Crippen LogP contribution < -0.4 is 5.43 Å². The molecule has 0 saturated heterocycles. The summed E-state index contributed by atoms with van der Waals surface area (Å²) < 4.78 is 0. The fourth-order valence-electron chi connectivity index (χ4n) is 0.590. The molecule has 0 spiro atoms. The van der Waals surface area contributed by atoms with Crippen LogP contribution in [0.3, 0.4) is 0 Å². The number of carbonyl (C=O) groups excluding carboxylic acids is 1. The van der Waals surface area contributed by atoms with Crippen LogP contribution in [0, 0.1) is 0 Å². The lowest BCUT2D eigenvalue weighted by Gasteiger charge is -2.16. The molecule has 0 aromatic carbocycles. The summed E-state index contributed by atoms with van der Waals surface area (Å²) >= 11 is 0. The lowest BCUT2D eigenvalue weighted by Crippen LogP contribution is -2.34. The zero-order chi connectivity index (χ0) is 5.82. The molecule has 1 aliphatic rings. The van der Waals surface area contributed by atoms with Gasteiger partial charge in [0.15, 0.2) is 0 Å². The summed E-state index contributed by atoms with van der Waals surface area (Å²) in [5, 5.41) is 1.41. The van der Waals surface area contributed by atoms with E-state index in [2.05, 4.69) is 5.43 Å². The summed E-state index contributed by atoms with van der Waals surface area (Å²) in [5.41, 5.74) is 2.85. The van der Waals surface area contributed by atoms with Gasteiger partial charge in [-0.1, -0.05) is 6.08 Å². The molecule has 0 radical (unpaired) electrons. The Morgan fingerprint density at radius 2 is 2.62 bits per heavy atom. The summed E-state index contributed by atoms with van der Waals surface area (Å²) in [5.74, 6) is 0. The molecule has 3 heteroatoms. The van der Waals surface area contributed by atoms with Crippen LogP contribution in [0.4, 0.5) is 0 Å². The van der Waals surface area contributed by atoms with Crippen molar-refractivity contribution in [1.82, 2.24) is 10.4 Å². The molecule has 1 heterocycles. The van der Waals surface area contributed by atoms with Gasteiger partial charge in [-0.05, 0) is 6.42 Å². The molecule has 0 aliphatic carbocycles. The molecular formula is C5H8N2O. The molecule has 0 fully saturated rings. The fraction of sp³-hybridized carbons (Fsp3) is 0.400. The van der Waals surface area contributed by atoms with Crippen molar-refractivity contribution in [2.24, 2.45) is 0 Å².